The standard InChI is InChI=1S/C17H28N2/c1-2-11-18-12-6-3-7-13-19-14-10-16-8-4-5-9-17(16)15-19/h4-5,8-9,18H,2-3,6-7,10-15H2,1H3. The molecule has 1 heterocycles. The van der Waals surface area contributed by atoms with Crippen molar-refractivity contribution in [3.63, 3.8) is 0 Å². The molecule has 0 bridgehead atoms. The van der Waals surface area contributed by atoms with Gasteiger partial charge in [0.25, 0.3) is 0 Å². The second kappa shape index (κ2) is 8.34. The molecule has 2 heteroatoms. The molecule has 0 saturated heterocycles. The van der Waals surface area contributed by atoms with Crippen LogP contribution in [0.25, 0.3) is 0 Å². The summed E-state index contributed by atoms with van der Waals surface area (Å²) < 4.78 is 0. The second-order valence-electron chi connectivity index (χ2n) is 5.61. The van der Waals surface area contributed by atoms with Crippen LogP contribution in [0, 0.1) is 0 Å². The van der Waals surface area contributed by atoms with Crippen molar-refractivity contribution in [2.45, 2.75) is 45.6 Å². The van der Waals surface area contributed by atoms with Gasteiger partial charge in [-0.25, -0.2) is 0 Å². The number of rotatable bonds is 8. The van der Waals surface area contributed by atoms with Crippen LogP contribution in [0.3, 0.4) is 0 Å². The van der Waals surface area contributed by atoms with Gasteiger partial charge in [0.1, 0.15) is 0 Å². The Morgan fingerprint density at radius 2 is 1.89 bits per heavy atom. The van der Waals surface area contributed by atoms with Crippen LogP contribution in [0.5, 0.6) is 0 Å². The van der Waals surface area contributed by atoms with E-state index in [0.29, 0.717) is 0 Å². The average Bonchev–Trinajstić information content (AvgIpc) is 2.46. The number of unbranched alkanes of at least 4 members (excludes halogenated alkanes) is 2. The van der Waals surface area contributed by atoms with E-state index in [9.17, 15) is 0 Å². The fourth-order valence-corrected chi connectivity index (χ4v) is 2.81. The van der Waals surface area contributed by atoms with E-state index in [1.165, 1.54) is 58.3 Å². The second-order valence-corrected chi connectivity index (χ2v) is 5.61. The highest BCUT2D eigenvalue weighted by molar-refractivity contribution is 5.28. The molecule has 0 unspecified atom stereocenters. The fraction of sp³-hybridized carbons (Fsp3) is 0.647. The summed E-state index contributed by atoms with van der Waals surface area (Å²) >= 11 is 0. The van der Waals surface area contributed by atoms with Gasteiger partial charge in [-0.15, -0.1) is 0 Å². The summed E-state index contributed by atoms with van der Waals surface area (Å²) in [6.07, 6.45) is 6.50. The predicted octanol–water partition coefficient (Wildman–Crippen LogP) is 3.21. The molecular formula is C17H28N2. The molecule has 1 aliphatic rings. The van der Waals surface area contributed by atoms with Crippen molar-refractivity contribution in [1.82, 2.24) is 10.2 Å². The molecule has 1 aromatic carbocycles. The van der Waals surface area contributed by atoms with Crippen molar-refractivity contribution < 1.29 is 0 Å². The number of hydrogen-bond acceptors (Lipinski definition) is 2. The van der Waals surface area contributed by atoms with Gasteiger partial charge < -0.3 is 5.32 Å². The highest BCUT2D eigenvalue weighted by atomic mass is 15.1. The van der Waals surface area contributed by atoms with Gasteiger partial charge in [0.05, 0.1) is 0 Å². The van der Waals surface area contributed by atoms with Crippen molar-refractivity contribution in [3.05, 3.63) is 35.4 Å². The van der Waals surface area contributed by atoms with Gasteiger partial charge in [-0.1, -0.05) is 37.6 Å². The van der Waals surface area contributed by atoms with Crippen LogP contribution >= 0.6 is 0 Å². The zero-order valence-corrected chi connectivity index (χ0v) is 12.3. The van der Waals surface area contributed by atoms with Gasteiger partial charge in [-0.2, -0.15) is 0 Å². The third-order valence-corrected chi connectivity index (χ3v) is 3.96. The predicted molar refractivity (Wildman–Crippen MR) is 82.4 cm³/mol. The molecule has 0 atom stereocenters. The SMILES string of the molecule is CCCNCCCCCN1CCc2ccccc2C1. The highest BCUT2D eigenvalue weighted by Crippen LogP contribution is 2.18. The summed E-state index contributed by atoms with van der Waals surface area (Å²) in [6.45, 7) is 8.25. The number of hydrogen-bond donors (Lipinski definition) is 1. The zero-order valence-electron chi connectivity index (χ0n) is 12.3. The van der Waals surface area contributed by atoms with Gasteiger partial charge in [0.15, 0.2) is 0 Å². The summed E-state index contributed by atoms with van der Waals surface area (Å²) in [5.41, 5.74) is 3.10. The van der Waals surface area contributed by atoms with Crippen LogP contribution in [0.1, 0.15) is 43.7 Å². The third kappa shape index (κ3) is 4.96. The van der Waals surface area contributed by atoms with Gasteiger partial charge in [-0.05, 0) is 56.4 Å². The van der Waals surface area contributed by atoms with Gasteiger partial charge >= 0.3 is 0 Å². The Balaban J connectivity index is 1.58. The smallest absolute Gasteiger partial charge is 0.0236 e. The van der Waals surface area contributed by atoms with Gasteiger partial charge in [0, 0.05) is 13.1 Å². The molecule has 0 spiro atoms. The Labute approximate surface area is 118 Å². The quantitative estimate of drug-likeness (QED) is 0.722. The Bertz CT molecular complexity index is 362. The normalized spacial score (nSPS) is 15.4. The third-order valence-electron chi connectivity index (χ3n) is 3.96. The number of benzene rings is 1. The summed E-state index contributed by atoms with van der Waals surface area (Å²) in [4.78, 5) is 2.61. The largest absolute Gasteiger partial charge is 0.317 e. The van der Waals surface area contributed by atoms with Crippen molar-refractivity contribution in [1.29, 1.82) is 0 Å². The molecule has 1 aromatic rings. The lowest BCUT2D eigenvalue weighted by Gasteiger charge is -2.28. The minimum Gasteiger partial charge on any atom is -0.317 e. The monoisotopic (exact) mass is 260 g/mol. The van der Waals surface area contributed by atoms with Crippen LogP contribution < -0.4 is 5.32 Å². The van der Waals surface area contributed by atoms with E-state index < -0.39 is 0 Å². The molecule has 0 aromatic heterocycles. The van der Waals surface area contributed by atoms with Crippen LogP contribution in [-0.2, 0) is 13.0 Å². The van der Waals surface area contributed by atoms with E-state index in [-0.39, 0.29) is 0 Å². The Kier molecular flexibility index (Phi) is 6.38. The zero-order chi connectivity index (χ0) is 13.3. The molecule has 0 fully saturated rings. The molecule has 1 N–H and O–H groups in total. The molecule has 2 rings (SSSR count). The fourth-order valence-electron chi connectivity index (χ4n) is 2.81. The summed E-state index contributed by atoms with van der Waals surface area (Å²) in [6, 6.07) is 8.90. The topological polar surface area (TPSA) is 15.3 Å². The lowest BCUT2D eigenvalue weighted by molar-refractivity contribution is 0.248. The van der Waals surface area contributed by atoms with E-state index in [1.807, 2.05) is 0 Å². The molecule has 1 aliphatic heterocycles. The molecular weight excluding hydrogens is 232 g/mol. The molecule has 0 amide bonds. The van der Waals surface area contributed by atoms with Crippen molar-refractivity contribution in [2.24, 2.45) is 0 Å². The first kappa shape index (κ1) is 14.5. The molecule has 2 nitrogen and oxygen atoms in total. The van der Waals surface area contributed by atoms with Crippen molar-refractivity contribution in [3.8, 4) is 0 Å². The number of fused-ring (bicyclic) bond motifs is 1. The van der Waals surface area contributed by atoms with Gasteiger partial charge in [-0.3, -0.25) is 4.90 Å². The highest BCUT2D eigenvalue weighted by Gasteiger charge is 2.14. The minimum absolute atomic E-state index is 1.16. The first-order valence-corrected chi connectivity index (χ1v) is 7.90. The number of nitrogens with one attached hydrogen (secondary N) is 1. The molecule has 0 aliphatic carbocycles. The van der Waals surface area contributed by atoms with Crippen LogP contribution in [-0.4, -0.2) is 31.1 Å². The number of nitrogens with zero attached hydrogens (tertiary/aromatic N) is 1. The molecule has 0 radical (unpaired) electrons. The molecule has 106 valence electrons. The summed E-state index contributed by atoms with van der Waals surface area (Å²) in [5.74, 6) is 0. The lowest BCUT2D eigenvalue weighted by Crippen LogP contribution is -2.31. The van der Waals surface area contributed by atoms with Crippen LogP contribution in [0.15, 0.2) is 24.3 Å². The Morgan fingerprint density at radius 3 is 2.74 bits per heavy atom. The van der Waals surface area contributed by atoms with E-state index in [1.54, 1.807) is 11.1 Å². The van der Waals surface area contributed by atoms with E-state index >= 15 is 0 Å². The molecule has 19 heavy (non-hydrogen) atoms. The van der Waals surface area contributed by atoms with Crippen LogP contribution in [0.2, 0.25) is 0 Å². The van der Waals surface area contributed by atoms with Crippen molar-refractivity contribution >= 4 is 0 Å². The average molecular weight is 260 g/mol. The summed E-state index contributed by atoms with van der Waals surface area (Å²) in [7, 11) is 0. The van der Waals surface area contributed by atoms with E-state index in [4.69, 9.17) is 0 Å². The first-order valence-electron chi connectivity index (χ1n) is 7.90. The van der Waals surface area contributed by atoms with Crippen molar-refractivity contribution in [2.75, 3.05) is 26.2 Å². The van der Waals surface area contributed by atoms with Gasteiger partial charge in [0.2, 0.25) is 0 Å². The maximum Gasteiger partial charge on any atom is 0.0236 e. The Morgan fingerprint density at radius 1 is 1.05 bits per heavy atom. The van der Waals surface area contributed by atoms with Crippen LogP contribution in [0.4, 0.5) is 0 Å². The lowest BCUT2D eigenvalue weighted by atomic mass is 10.00. The van der Waals surface area contributed by atoms with E-state index in [2.05, 4.69) is 41.4 Å². The summed E-state index contributed by atoms with van der Waals surface area (Å²) in [5, 5.41) is 3.47. The maximum atomic E-state index is 3.47. The first-order chi connectivity index (χ1) is 9.40. The molecule has 0 saturated carbocycles. The van der Waals surface area contributed by atoms with E-state index in [0.717, 1.165) is 6.54 Å². The minimum atomic E-state index is 1.16. The maximum absolute atomic E-state index is 3.47. The Hall–Kier alpha value is -0.860.